The lowest BCUT2D eigenvalue weighted by Crippen LogP contribution is -2.16. The third kappa shape index (κ3) is 3.85. The molecule has 5 nitrogen and oxygen atoms in total. The topological polar surface area (TPSA) is 68.1 Å². The van der Waals surface area contributed by atoms with Gasteiger partial charge in [0.2, 0.25) is 0 Å². The molecule has 1 heterocycles. The molecule has 1 N–H and O–H groups in total. The van der Waals surface area contributed by atoms with E-state index in [1.807, 2.05) is 0 Å². The van der Waals surface area contributed by atoms with E-state index >= 15 is 0 Å². The van der Waals surface area contributed by atoms with Gasteiger partial charge in [0.25, 0.3) is 6.20 Å². The van der Waals surface area contributed by atoms with Crippen LogP contribution in [0.5, 0.6) is 0 Å². The first-order valence-corrected chi connectivity index (χ1v) is 5.71. The van der Waals surface area contributed by atoms with E-state index in [0.29, 0.717) is 17.3 Å². The Bertz CT molecular complexity index is 457. The van der Waals surface area contributed by atoms with Crippen LogP contribution in [0.4, 0.5) is 0 Å². The van der Waals surface area contributed by atoms with Crippen molar-refractivity contribution in [3.8, 4) is 0 Å². The Kier molecular flexibility index (Phi) is 5.32. The second-order valence-electron chi connectivity index (χ2n) is 3.61. The van der Waals surface area contributed by atoms with Crippen LogP contribution >= 0.6 is 11.6 Å². The maximum Gasteiger partial charge on any atom is 0.253 e. The number of nitro groups is 1. The van der Waals surface area contributed by atoms with Crippen molar-refractivity contribution in [2.75, 3.05) is 7.05 Å². The molecule has 96 valence electrons. The summed E-state index contributed by atoms with van der Waals surface area (Å²) in [6.45, 7) is 3.67. The van der Waals surface area contributed by atoms with Crippen LogP contribution in [-0.4, -0.2) is 17.0 Å². The summed E-state index contributed by atoms with van der Waals surface area (Å²) in [6, 6.07) is 3.46. The fourth-order valence-corrected chi connectivity index (χ4v) is 1.76. The van der Waals surface area contributed by atoms with E-state index < -0.39 is 4.92 Å². The minimum absolute atomic E-state index is 0.178. The molecule has 0 bridgehead atoms. The molecule has 1 atom stereocenters. The van der Waals surface area contributed by atoms with E-state index in [9.17, 15) is 10.1 Å². The SMILES string of the molecule is C=CCC(/C(=C/[N+](=O)[O-])NC)c1ccc(Cl)nc1. The molecule has 0 fully saturated rings. The highest BCUT2D eigenvalue weighted by molar-refractivity contribution is 6.29. The normalized spacial score (nSPS) is 12.9. The van der Waals surface area contributed by atoms with Crippen LogP contribution in [0, 0.1) is 10.1 Å². The molecule has 1 rings (SSSR count). The van der Waals surface area contributed by atoms with E-state index in [-0.39, 0.29) is 5.92 Å². The van der Waals surface area contributed by atoms with Gasteiger partial charge in [0, 0.05) is 19.2 Å². The van der Waals surface area contributed by atoms with Crippen molar-refractivity contribution in [1.82, 2.24) is 10.3 Å². The third-order valence-corrected chi connectivity index (χ3v) is 2.69. The van der Waals surface area contributed by atoms with E-state index in [4.69, 9.17) is 11.6 Å². The van der Waals surface area contributed by atoms with Crippen LogP contribution in [0.25, 0.3) is 0 Å². The van der Waals surface area contributed by atoms with Gasteiger partial charge in [-0.1, -0.05) is 23.7 Å². The number of allylic oxidation sites excluding steroid dienone is 2. The summed E-state index contributed by atoms with van der Waals surface area (Å²) in [5, 5.41) is 13.8. The maximum atomic E-state index is 10.6. The zero-order valence-corrected chi connectivity index (χ0v) is 10.7. The molecule has 0 saturated heterocycles. The first kappa shape index (κ1) is 14.2. The second kappa shape index (κ2) is 6.76. The van der Waals surface area contributed by atoms with Crippen molar-refractivity contribution in [3.63, 3.8) is 0 Å². The van der Waals surface area contributed by atoms with Crippen molar-refractivity contribution < 1.29 is 4.92 Å². The van der Waals surface area contributed by atoms with E-state index in [2.05, 4.69) is 16.9 Å². The van der Waals surface area contributed by atoms with E-state index in [1.165, 1.54) is 0 Å². The predicted molar refractivity (Wildman–Crippen MR) is 70.9 cm³/mol. The molecular formula is C12H14ClN3O2. The molecule has 0 aliphatic heterocycles. The van der Waals surface area contributed by atoms with E-state index in [1.54, 1.807) is 31.5 Å². The average molecular weight is 268 g/mol. The number of halogens is 1. The van der Waals surface area contributed by atoms with Crippen molar-refractivity contribution in [3.05, 3.63) is 63.7 Å². The highest BCUT2D eigenvalue weighted by atomic mass is 35.5. The zero-order valence-electron chi connectivity index (χ0n) is 9.97. The number of pyridine rings is 1. The second-order valence-corrected chi connectivity index (χ2v) is 4.00. The molecular weight excluding hydrogens is 254 g/mol. The van der Waals surface area contributed by atoms with Crippen molar-refractivity contribution in [2.24, 2.45) is 0 Å². The molecule has 1 aromatic heterocycles. The lowest BCUT2D eigenvalue weighted by Gasteiger charge is -2.17. The molecule has 1 aromatic rings. The number of likely N-dealkylation sites (N-methyl/N-ethyl adjacent to an activating group) is 1. The maximum absolute atomic E-state index is 10.6. The molecule has 1 unspecified atom stereocenters. The number of hydrogen-bond acceptors (Lipinski definition) is 4. The number of hydrogen-bond donors (Lipinski definition) is 1. The van der Waals surface area contributed by atoms with Crippen LogP contribution in [0.1, 0.15) is 17.9 Å². The quantitative estimate of drug-likeness (QED) is 0.372. The van der Waals surface area contributed by atoms with Gasteiger partial charge in [-0.25, -0.2) is 4.98 Å². The summed E-state index contributed by atoms with van der Waals surface area (Å²) in [7, 11) is 1.65. The molecule has 6 heteroatoms. The lowest BCUT2D eigenvalue weighted by molar-refractivity contribution is -0.404. The average Bonchev–Trinajstić information content (AvgIpc) is 2.34. The van der Waals surface area contributed by atoms with Crippen LogP contribution in [0.2, 0.25) is 5.15 Å². The molecule has 0 spiro atoms. The van der Waals surface area contributed by atoms with Crippen molar-refractivity contribution in [1.29, 1.82) is 0 Å². The van der Waals surface area contributed by atoms with Gasteiger partial charge < -0.3 is 5.32 Å². The van der Waals surface area contributed by atoms with Crippen LogP contribution in [0.15, 0.2) is 42.9 Å². The predicted octanol–water partition coefficient (Wildman–Crippen LogP) is 2.73. The van der Waals surface area contributed by atoms with Gasteiger partial charge >= 0.3 is 0 Å². The number of nitrogens with one attached hydrogen (secondary N) is 1. The summed E-state index contributed by atoms with van der Waals surface area (Å²) in [4.78, 5) is 14.1. The highest BCUT2D eigenvalue weighted by Crippen LogP contribution is 2.26. The number of aromatic nitrogens is 1. The Morgan fingerprint density at radius 2 is 2.44 bits per heavy atom. The van der Waals surface area contributed by atoms with Gasteiger partial charge in [0.15, 0.2) is 0 Å². The Balaban J connectivity index is 3.11. The third-order valence-electron chi connectivity index (χ3n) is 2.46. The van der Waals surface area contributed by atoms with Crippen molar-refractivity contribution in [2.45, 2.75) is 12.3 Å². The fourth-order valence-electron chi connectivity index (χ4n) is 1.64. The van der Waals surface area contributed by atoms with Gasteiger partial charge in [0.05, 0.1) is 10.6 Å². The fraction of sp³-hybridized carbons (Fsp3) is 0.250. The molecule has 0 saturated carbocycles. The summed E-state index contributed by atoms with van der Waals surface area (Å²) in [5.74, 6) is -0.178. The summed E-state index contributed by atoms with van der Waals surface area (Å²) >= 11 is 5.72. The molecule has 0 radical (unpaired) electrons. The Morgan fingerprint density at radius 3 is 2.89 bits per heavy atom. The van der Waals surface area contributed by atoms with Gasteiger partial charge in [-0.05, 0) is 18.1 Å². The van der Waals surface area contributed by atoms with Crippen LogP contribution < -0.4 is 5.32 Å². The first-order valence-electron chi connectivity index (χ1n) is 5.33. The molecule has 0 aliphatic carbocycles. The zero-order chi connectivity index (χ0) is 13.5. The smallest absolute Gasteiger partial charge is 0.253 e. The Hall–Kier alpha value is -1.88. The Labute approximate surface area is 110 Å². The summed E-state index contributed by atoms with van der Waals surface area (Å²) in [5.41, 5.74) is 1.35. The van der Waals surface area contributed by atoms with Crippen molar-refractivity contribution >= 4 is 11.6 Å². The molecule has 18 heavy (non-hydrogen) atoms. The largest absolute Gasteiger partial charge is 0.386 e. The minimum atomic E-state index is -0.481. The minimum Gasteiger partial charge on any atom is -0.386 e. The van der Waals surface area contributed by atoms with Gasteiger partial charge in [-0.3, -0.25) is 10.1 Å². The van der Waals surface area contributed by atoms with Crippen LogP contribution in [-0.2, 0) is 0 Å². The monoisotopic (exact) mass is 267 g/mol. The van der Waals surface area contributed by atoms with Gasteiger partial charge in [-0.2, -0.15) is 0 Å². The number of rotatable bonds is 6. The summed E-state index contributed by atoms with van der Waals surface area (Å²) < 4.78 is 0. The van der Waals surface area contributed by atoms with Crippen LogP contribution in [0.3, 0.4) is 0 Å². The highest BCUT2D eigenvalue weighted by Gasteiger charge is 2.18. The molecule has 0 amide bonds. The molecule has 0 aliphatic rings. The number of nitrogens with zero attached hydrogens (tertiary/aromatic N) is 2. The standard InChI is InChI=1S/C12H14ClN3O2/c1-3-4-10(11(14-2)8-16(17)18)9-5-6-12(13)15-7-9/h3,5-8,10,14H,1,4H2,2H3/b11-8-. The Morgan fingerprint density at radius 1 is 1.72 bits per heavy atom. The van der Waals surface area contributed by atoms with E-state index in [0.717, 1.165) is 11.8 Å². The van der Waals surface area contributed by atoms with Gasteiger partial charge in [0.1, 0.15) is 5.15 Å². The molecule has 0 aromatic carbocycles. The van der Waals surface area contributed by atoms with Gasteiger partial charge in [-0.15, -0.1) is 6.58 Å². The lowest BCUT2D eigenvalue weighted by atomic mass is 9.94. The summed E-state index contributed by atoms with van der Waals surface area (Å²) in [6.07, 6.45) is 4.86. The first-order chi connectivity index (χ1) is 8.58.